The highest BCUT2D eigenvalue weighted by Gasteiger charge is 2.11. The van der Waals surface area contributed by atoms with E-state index in [2.05, 4.69) is 0 Å². The maximum absolute atomic E-state index is 13.3. The van der Waals surface area contributed by atoms with E-state index in [9.17, 15) is 4.39 Å². The van der Waals surface area contributed by atoms with Crippen molar-refractivity contribution in [2.75, 3.05) is 7.11 Å². The van der Waals surface area contributed by atoms with Gasteiger partial charge in [-0.2, -0.15) is 0 Å². The predicted octanol–water partition coefficient (Wildman–Crippen LogP) is 2.12. The first-order valence-corrected chi connectivity index (χ1v) is 5.15. The Hall–Kier alpha value is -0.930. The van der Waals surface area contributed by atoms with Gasteiger partial charge >= 0.3 is 0 Å². The summed E-state index contributed by atoms with van der Waals surface area (Å²) in [5, 5.41) is 0. The third-order valence-electron chi connectivity index (χ3n) is 2.48. The average Bonchev–Trinajstić information content (AvgIpc) is 2.21. The van der Waals surface area contributed by atoms with E-state index in [4.69, 9.17) is 10.5 Å². The van der Waals surface area contributed by atoms with Crippen LogP contribution in [0.15, 0.2) is 24.3 Å². The van der Waals surface area contributed by atoms with E-state index in [1.54, 1.807) is 19.2 Å². The Kier molecular flexibility index (Phi) is 4.72. The lowest BCUT2D eigenvalue weighted by molar-refractivity contribution is 0.104. The zero-order valence-corrected chi connectivity index (χ0v) is 9.24. The third-order valence-corrected chi connectivity index (χ3v) is 2.48. The summed E-state index contributed by atoms with van der Waals surface area (Å²) in [6.07, 6.45) is 1.41. The minimum atomic E-state index is -0.182. The minimum absolute atomic E-state index is 0.0585. The van der Waals surface area contributed by atoms with Crippen molar-refractivity contribution in [3.63, 3.8) is 0 Å². The Bertz CT molecular complexity index is 303. The summed E-state index contributed by atoms with van der Waals surface area (Å²) in [6.45, 7) is 1.96. The van der Waals surface area contributed by atoms with Gasteiger partial charge in [0.2, 0.25) is 0 Å². The van der Waals surface area contributed by atoms with Gasteiger partial charge in [-0.1, -0.05) is 18.2 Å². The normalized spacial score (nSPS) is 14.9. The van der Waals surface area contributed by atoms with Crippen LogP contribution >= 0.6 is 0 Å². The Morgan fingerprint density at radius 2 is 2.07 bits per heavy atom. The van der Waals surface area contributed by atoms with Gasteiger partial charge < -0.3 is 10.5 Å². The molecule has 0 radical (unpaired) electrons. The molecule has 15 heavy (non-hydrogen) atoms. The monoisotopic (exact) mass is 211 g/mol. The number of hydrogen-bond donors (Lipinski definition) is 1. The van der Waals surface area contributed by atoms with Gasteiger partial charge in [0.25, 0.3) is 0 Å². The van der Waals surface area contributed by atoms with Gasteiger partial charge in [-0.15, -0.1) is 0 Å². The summed E-state index contributed by atoms with van der Waals surface area (Å²) in [4.78, 5) is 0. The van der Waals surface area contributed by atoms with Crippen LogP contribution in [0.2, 0.25) is 0 Å². The largest absolute Gasteiger partial charge is 0.382 e. The van der Waals surface area contributed by atoms with E-state index in [0.717, 1.165) is 6.42 Å². The van der Waals surface area contributed by atoms with Crippen LogP contribution in [-0.4, -0.2) is 19.3 Å². The topological polar surface area (TPSA) is 35.2 Å². The average molecular weight is 211 g/mol. The van der Waals surface area contributed by atoms with E-state index < -0.39 is 0 Å². The highest BCUT2D eigenvalue weighted by Crippen LogP contribution is 2.11. The SMILES string of the molecule is COC(C)CC(N)Cc1ccccc1F. The van der Waals surface area contributed by atoms with Crippen molar-refractivity contribution in [1.82, 2.24) is 0 Å². The number of ether oxygens (including phenoxy) is 1. The van der Waals surface area contributed by atoms with Crippen molar-refractivity contribution in [2.24, 2.45) is 5.73 Å². The molecule has 0 saturated heterocycles. The molecule has 2 unspecified atom stereocenters. The number of hydrogen-bond acceptors (Lipinski definition) is 2. The molecule has 0 fully saturated rings. The summed E-state index contributed by atoms with van der Waals surface area (Å²) < 4.78 is 18.4. The number of halogens is 1. The second kappa shape index (κ2) is 5.83. The number of nitrogens with two attached hydrogens (primary N) is 1. The number of methoxy groups -OCH3 is 1. The first-order valence-electron chi connectivity index (χ1n) is 5.15. The molecule has 0 amide bonds. The fourth-order valence-electron chi connectivity index (χ4n) is 1.55. The first kappa shape index (κ1) is 12.1. The number of rotatable bonds is 5. The standard InChI is InChI=1S/C12H18FNO/c1-9(15-2)7-11(14)8-10-5-3-4-6-12(10)13/h3-6,9,11H,7-8,14H2,1-2H3. The maximum Gasteiger partial charge on any atom is 0.126 e. The van der Waals surface area contributed by atoms with Crippen LogP contribution in [0.4, 0.5) is 4.39 Å². The molecule has 0 aliphatic heterocycles. The van der Waals surface area contributed by atoms with Crippen molar-refractivity contribution in [3.8, 4) is 0 Å². The zero-order valence-electron chi connectivity index (χ0n) is 9.24. The van der Waals surface area contributed by atoms with Gasteiger partial charge in [0.05, 0.1) is 6.10 Å². The third kappa shape index (κ3) is 3.98. The lowest BCUT2D eigenvalue weighted by Crippen LogP contribution is -2.28. The lowest BCUT2D eigenvalue weighted by atomic mass is 10.0. The van der Waals surface area contributed by atoms with Crippen molar-refractivity contribution < 1.29 is 9.13 Å². The molecule has 0 aromatic heterocycles. The van der Waals surface area contributed by atoms with Crippen LogP contribution in [0.5, 0.6) is 0 Å². The van der Waals surface area contributed by atoms with Crippen molar-refractivity contribution in [2.45, 2.75) is 31.9 Å². The molecule has 0 spiro atoms. The molecule has 3 heteroatoms. The smallest absolute Gasteiger partial charge is 0.126 e. The summed E-state index contributed by atoms with van der Waals surface area (Å²) in [7, 11) is 1.65. The quantitative estimate of drug-likeness (QED) is 0.809. The van der Waals surface area contributed by atoms with Crippen LogP contribution < -0.4 is 5.73 Å². The zero-order chi connectivity index (χ0) is 11.3. The molecule has 2 N–H and O–H groups in total. The fourth-order valence-corrected chi connectivity index (χ4v) is 1.55. The molecule has 0 heterocycles. The fraction of sp³-hybridized carbons (Fsp3) is 0.500. The van der Waals surface area contributed by atoms with Gasteiger partial charge in [0, 0.05) is 13.2 Å². The molecule has 2 nitrogen and oxygen atoms in total. The highest BCUT2D eigenvalue weighted by atomic mass is 19.1. The van der Waals surface area contributed by atoms with Crippen LogP contribution in [-0.2, 0) is 11.2 Å². The van der Waals surface area contributed by atoms with E-state index in [0.29, 0.717) is 12.0 Å². The summed E-state index contributed by atoms with van der Waals surface area (Å²) >= 11 is 0. The molecule has 1 aromatic carbocycles. The molecule has 0 bridgehead atoms. The maximum atomic E-state index is 13.3. The Balaban J connectivity index is 2.51. The second-order valence-corrected chi connectivity index (χ2v) is 3.84. The van der Waals surface area contributed by atoms with Gasteiger partial charge in [0.1, 0.15) is 5.82 Å². The molecule has 1 aromatic rings. The van der Waals surface area contributed by atoms with Gasteiger partial charge in [-0.25, -0.2) is 4.39 Å². The van der Waals surface area contributed by atoms with Crippen LogP contribution in [0, 0.1) is 5.82 Å². The van der Waals surface area contributed by atoms with Gasteiger partial charge in [0.15, 0.2) is 0 Å². The van der Waals surface area contributed by atoms with Crippen molar-refractivity contribution in [1.29, 1.82) is 0 Å². The molecule has 0 saturated carbocycles. The molecular formula is C12H18FNO. The Labute approximate surface area is 90.2 Å². The van der Waals surface area contributed by atoms with Crippen LogP contribution in [0.25, 0.3) is 0 Å². The van der Waals surface area contributed by atoms with Crippen molar-refractivity contribution in [3.05, 3.63) is 35.6 Å². The van der Waals surface area contributed by atoms with Gasteiger partial charge in [-0.05, 0) is 31.4 Å². The Morgan fingerprint density at radius 1 is 1.40 bits per heavy atom. The molecule has 0 aliphatic carbocycles. The summed E-state index contributed by atoms with van der Waals surface area (Å²) in [5.41, 5.74) is 6.58. The van der Waals surface area contributed by atoms with E-state index >= 15 is 0 Å². The van der Waals surface area contributed by atoms with Gasteiger partial charge in [-0.3, -0.25) is 0 Å². The number of benzene rings is 1. The molecular weight excluding hydrogens is 193 g/mol. The van der Waals surface area contributed by atoms with E-state index in [-0.39, 0.29) is 18.0 Å². The molecule has 1 rings (SSSR count). The summed E-state index contributed by atoms with van der Waals surface area (Å²) in [6, 6.07) is 6.68. The van der Waals surface area contributed by atoms with Crippen molar-refractivity contribution >= 4 is 0 Å². The second-order valence-electron chi connectivity index (χ2n) is 3.84. The first-order chi connectivity index (χ1) is 7.13. The highest BCUT2D eigenvalue weighted by molar-refractivity contribution is 5.18. The summed E-state index contributed by atoms with van der Waals surface area (Å²) in [5.74, 6) is -0.182. The molecule has 84 valence electrons. The Morgan fingerprint density at radius 3 is 2.67 bits per heavy atom. The van der Waals surface area contributed by atoms with Crippen LogP contribution in [0.3, 0.4) is 0 Å². The predicted molar refractivity (Wildman–Crippen MR) is 59.2 cm³/mol. The molecule has 0 aliphatic rings. The van der Waals surface area contributed by atoms with Crippen LogP contribution in [0.1, 0.15) is 18.9 Å². The lowest BCUT2D eigenvalue weighted by Gasteiger charge is -2.16. The van der Waals surface area contributed by atoms with E-state index in [1.807, 2.05) is 13.0 Å². The molecule has 2 atom stereocenters. The minimum Gasteiger partial charge on any atom is -0.382 e. The van der Waals surface area contributed by atoms with E-state index in [1.165, 1.54) is 6.07 Å².